The van der Waals surface area contributed by atoms with Crippen LogP contribution in [0.4, 0.5) is 0 Å². The first-order chi connectivity index (χ1) is 29.2. The van der Waals surface area contributed by atoms with Crippen LogP contribution < -0.4 is 0 Å². The summed E-state index contributed by atoms with van der Waals surface area (Å²) in [6, 6.07) is 73.2. The highest BCUT2D eigenvalue weighted by atomic mass is 14.4. The molecule has 0 spiro atoms. The summed E-state index contributed by atoms with van der Waals surface area (Å²) >= 11 is 0. The summed E-state index contributed by atoms with van der Waals surface area (Å²) in [5.41, 5.74) is 20.7. The highest BCUT2D eigenvalue weighted by Gasteiger charge is 2.36. The molecule has 60 heavy (non-hydrogen) atoms. The monoisotopic (exact) mass is 764 g/mol. The van der Waals surface area contributed by atoms with E-state index in [0.29, 0.717) is 0 Å². The van der Waals surface area contributed by atoms with Gasteiger partial charge in [0.1, 0.15) is 0 Å². The van der Waals surface area contributed by atoms with Gasteiger partial charge in [0, 0.05) is 10.8 Å². The van der Waals surface area contributed by atoms with Crippen molar-refractivity contribution >= 4 is 32.3 Å². The predicted octanol–water partition coefficient (Wildman–Crippen LogP) is 16.4. The highest BCUT2D eigenvalue weighted by molar-refractivity contribution is 6.25. The smallest absolute Gasteiger partial charge is 0.0159 e. The van der Waals surface area contributed by atoms with Gasteiger partial charge in [0.2, 0.25) is 0 Å². The van der Waals surface area contributed by atoms with Crippen molar-refractivity contribution in [2.24, 2.45) is 0 Å². The molecule has 10 aromatic carbocycles. The van der Waals surface area contributed by atoms with E-state index in [2.05, 4.69) is 222 Å². The Bertz CT molecular complexity index is 3250. The van der Waals surface area contributed by atoms with E-state index in [1.165, 1.54) is 121 Å². The summed E-state index contributed by atoms with van der Waals surface area (Å²) in [5, 5.41) is 7.80. The van der Waals surface area contributed by atoms with Crippen LogP contribution in [0, 0.1) is 0 Å². The van der Waals surface area contributed by atoms with E-state index in [1.807, 2.05) is 0 Å². The van der Waals surface area contributed by atoms with Crippen LogP contribution >= 0.6 is 0 Å². The van der Waals surface area contributed by atoms with Crippen molar-refractivity contribution in [3.63, 3.8) is 0 Å². The summed E-state index contributed by atoms with van der Waals surface area (Å²) in [5.74, 6) is 0. The molecule has 10 aromatic rings. The van der Waals surface area contributed by atoms with Crippen molar-refractivity contribution in [1.29, 1.82) is 0 Å². The van der Waals surface area contributed by atoms with E-state index in [-0.39, 0.29) is 10.8 Å². The molecule has 0 nitrogen and oxygen atoms in total. The first-order valence-corrected chi connectivity index (χ1v) is 21.3. The molecular formula is C60H44. The van der Waals surface area contributed by atoms with Crippen molar-refractivity contribution in [3.05, 3.63) is 216 Å². The van der Waals surface area contributed by atoms with Gasteiger partial charge in [-0.2, -0.15) is 0 Å². The van der Waals surface area contributed by atoms with Crippen LogP contribution in [0.5, 0.6) is 0 Å². The standard InChI is InChI=1S/C60H44/c1-59(2)55-19-11-9-17-50(55)52-29-26-40(35-57(52)59)43-31-42(32-44(33-43)41-27-30-53-51-18-10-12-20-56(51)60(3,4)58(53)36-41)38-23-21-37(22-24-38)39-25-28-49-47-15-6-5-13-45(47)46-14-7-8-16-48(46)54(49)34-39/h5-36H,1-4H3. The van der Waals surface area contributed by atoms with Gasteiger partial charge in [0.05, 0.1) is 0 Å². The van der Waals surface area contributed by atoms with E-state index < -0.39 is 0 Å². The zero-order chi connectivity index (χ0) is 40.3. The molecule has 284 valence electrons. The van der Waals surface area contributed by atoms with Crippen LogP contribution in [0.1, 0.15) is 49.9 Å². The maximum Gasteiger partial charge on any atom is 0.0159 e. The van der Waals surface area contributed by atoms with Gasteiger partial charge in [-0.1, -0.05) is 185 Å². The average molecular weight is 765 g/mol. The number of hydrogen-bond acceptors (Lipinski definition) is 0. The third-order valence-electron chi connectivity index (χ3n) is 14.1. The third-order valence-corrected chi connectivity index (χ3v) is 14.1. The first kappa shape index (κ1) is 35.0. The van der Waals surface area contributed by atoms with E-state index in [0.717, 1.165) is 0 Å². The molecule has 2 aliphatic carbocycles. The topological polar surface area (TPSA) is 0 Å². The fourth-order valence-electron chi connectivity index (χ4n) is 10.8. The fourth-order valence-corrected chi connectivity index (χ4v) is 10.8. The third kappa shape index (κ3) is 5.10. The van der Waals surface area contributed by atoms with E-state index >= 15 is 0 Å². The normalized spacial score (nSPS) is 14.3. The minimum Gasteiger partial charge on any atom is -0.0619 e. The molecular weight excluding hydrogens is 721 g/mol. The van der Waals surface area contributed by atoms with Gasteiger partial charge in [-0.05, 0) is 158 Å². The van der Waals surface area contributed by atoms with Crippen molar-refractivity contribution in [2.45, 2.75) is 38.5 Å². The summed E-state index contributed by atoms with van der Waals surface area (Å²) in [4.78, 5) is 0. The second kappa shape index (κ2) is 12.7. The molecule has 0 atom stereocenters. The lowest BCUT2D eigenvalue weighted by atomic mass is 9.81. The molecule has 0 saturated carbocycles. The van der Waals surface area contributed by atoms with Crippen LogP contribution in [0.3, 0.4) is 0 Å². The Balaban J connectivity index is 0.987. The quantitative estimate of drug-likeness (QED) is 0.157. The van der Waals surface area contributed by atoms with Crippen molar-refractivity contribution < 1.29 is 0 Å². The van der Waals surface area contributed by atoms with Crippen LogP contribution in [0.25, 0.3) is 99.1 Å². The van der Waals surface area contributed by atoms with E-state index in [1.54, 1.807) is 0 Å². The first-order valence-electron chi connectivity index (χ1n) is 21.3. The molecule has 0 bridgehead atoms. The summed E-state index contributed by atoms with van der Waals surface area (Å²) < 4.78 is 0. The molecule has 2 aliphatic rings. The molecule has 0 unspecified atom stereocenters. The largest absolute Gasteiger partial charge is 0.0619 e. The maximum absolute atomic E-state index is 2.45. The second-order valence-corrected chi connectivity index (χ2v) is 18.1. The Morgan fingerprint density at radius 1 is 0.217 bits per heavy atom. The number of benzene rings is 10. The van der Waals surface area contributed by atoms with Crippen LogP contribution in [-0.2, 0) is 10.8 Å². The van der Waals surface area contributed by atoms with Gasteiger partial charge in [0.25, 0.3) is 0 Å². The van der Waals surface area contributed by atoms with Crippen molar-refractivity contribution in [1.82, 2.24) is 0 Å². The van der Waals surface area contributed by atoms with Gasteiger partial charge in [-0.15, -0.1) is 0 Å². The fraction of sp³-hybridized carbons (Fsp3) is 0.100. The Labute approximate surface area is 352 Å². The molecule has 0 saturated heterocycles. The Morgan fingerprint density at radius 3 is 1.02 bits per heavy atom. The average Bonchev–Trinajstić information content (AvgIpc) is 3.67. The molecule has 0 aromatic heterocycles. The lowest BCUT2D eigenvalue weighted by molar-refractivity contribution is 0.660. The Morgan fingerprint density at radius 2 is 0.533 bits per heavy atom. The number of hydrogen-bond donors (Lipinski definition) is 0. The van der Waals surface area contributed by atoms with Crippen molar-refractivity contribution in [2.75, 3.05) is 0 Å². The second-order valence-electron chi connectivity index (χ2n) is 18.1. The van der Waals surface area contributed by atoms with Crippen LogP contribution in [-0.4, -0.2) is 0 Å². The zero-order valence-electron chi connectivity index (χ0n) is 34.5. The zero-order valence-corrected chi connectivity index (χ0v) is 34.5. The molecule has 0 heteroatoms. The molecule has 0 aliphatic heterocycles. The molecule has 0 N–H and O–H groups in total. The summed E-state index contributed by atoms with van der Waals surface area (Å²) in [6.07, 6.45) is 0. The number of rotatable bonds is 4. The van der Waals surface area contributed by atoms with Crippen molar-refractivity contribution in [3.8, 4) is 66.8 Å². The summed E-state index contributed by atoms with van der Waals surface area (Å²) in [7, 11) is 0. The van der Waals surface area contributed by atoms with Crippen LogP contribution in [0.2, 0.25) is 0 Å². The van der Waals surface area contributed by atoms with E-state index in [4.69, 9.17) is 0 Å². The van der Waals surface area contributed by atoms with Gasteiger partial charge in [-0.3, -0.25) is 0 Å². The molecule has 0 radical (unpaired) electrons. The Hall–Kier alpha value is -7.02. The van der Waals surface area contributed by atoms with Gasteiger partial charge in [0.15, 0.2) is 0 Å². The van der Waals surface area contributed by atoms with E-state index in [9.17, 15) is 0 Å². The number of fused-ring (bicyclic) bond motifs is 12. The SMILES string of the molecule is CC1(C)c2ccccc2-c2ccc(-c3cc(-c4ccc(-c5ccc6c7ccccc7c7ccccc7c6c5)cc4)cc(-c4ccc5c(c4)C(C)(C)c4ccccc4-5)c3)cc21. The van der Waals surface area contributed by atoms with Crippen LogP contribution in [0.15, 0.2) is 194 Å². The molecule has 12 rings (SSSR count). The lowest BCUT2D eigenvalue weighted by Gasteiger charge is -2.22. The molecule has 0 fully saturated rings. The Kier molecular flexibility index (Phi) is 7.42. The van der Waals surface area contributed by atoms with Gasteiger partial charge >= 0.3 is 0 Å². The summed E-state index contributed by atoms with van der Waals surface area (Å²) in [6.45, 7) is 9.48. The highest BCUT2D eigenvalue weighted by Crippen LogP contribution is 2.52. The molecule has 0 amide bonds. The molecule has 0 heterocycles. The minimum absolute atomic E-state index is 0.0685. The predicted molar refractivity (Wildman–Crippen MR) is 256 cm³/mol. The minimum atomic E-state index is -0.0685. The van der Waals surface area contributed by atoms with Gasteiger partial charge in [-0.25, -0.2) is 0 Å². The lowest BCUT2D eigenvalue weighted by Crippen LogP contribution is -2.15. The maximum atomic E-state index is 2.45. The van der Waals surface area contributed by atoms with Gasteiger partial charge < -0.3 is 0 Å².